The summed E-state index contributed by atoms with van der Waals surface area (Å²) in [6.45, 7) is 1.35. The summed E-state index contributed by atoms with van der Waals surface area (Å²) in [6, 6.07) is 5.99. The van der Waals surface area contributed by atoms with Gasteiger partial charge in [0.05, 0.1) is 5.02 Å². The first-order chi connectivity index (χ1) is 8.09. The molecule has 0 atom stereocenters. The molecule has 0 saturated heterocycles. The standard InChI is InChI=1S/C13H9ClFNO/c1-8(17)10-7-13(15)11(6-12(10)14)9-2-4-16-5-3-9/h2-7H,1H3. The van der Waals surface area contributed by atoms with Crippen molar-refractivity contribution in [2.24, 2.45) is 0 Å². The van der Waals surface area contributed by atoms with Gasteiger partial charge >= 0.3 is 0 Å². The third-order valence-electron chi connectivity index (χ3n) is 2.43. The maximum Gasteiger partial charge on any atom is 0.161 e. The quantitative estimate of drug-likeness (QED) is 0.759. The normalized spacial score (nSPS) is 10.3. The zero-order valence-corrected chi connectivity index (χ0v) is 9.83. The van der Waals surface area contributed by atoms with Crippen LogP contribution in [0.1, 0.15) is 17.3 Å². The highest BCUT2D eigenvalue weighted by Gasteiger charge is 2.12. The van der Waals surface area contributed by atoms with Gasteiger partial charge in [0.1, 0.15) is 5.82 Å². The first kappa shape index (κ1) is 11.7. The molecule has 0 spiro atoms. The van der Waals surface area contributed by atoms with Crippen LogP contribution in [-0.4, -0.2) is 10.8 Å². The number of ketones is 1. The first-order valence-corrected chi connectivity index (χ1v) is 5.38. The summed E-state index contributed by atoms with van der Waals surface area (Å²) >= 11 is 5.94. The van der Waals surface area contributed by atoms with Crippen molar-refractivity contribution in [3.8, 4) is 11.1 Å². The van der Waals surface area contributed by atoms with Gasteiger partial charge in [-0.05, 0) is 36.8 Å². The lowest BCUT2D eigenvalue weighted by atomic mass is 10.0. The molecular formula is C13H9ClFNO. The van der Waals surface area contributed by atoms with Crippen molar-refractivity contribution in [3.05, 3.63) is 53.1 Å². The van der Waals surface area contributed by atoms with Gasteiger partial charge in [0, 0.05) is 23.5 Å². The number of nitrogens with zero attached hydrogens (tertiary/aromatic N) is 1. The van der Waals surface area contributed by atoms with Gasteiger partial charge in [-0.2, -0.15) is 0 Å². The fourth-order valence-corrected chi connectivity index (χ4v) is 1.87. The Hall–Kier alpha value is -1.74. The molecule has 4 heteroatoms. The first-order valence-electron chi connectivity index (χ1n) is 5.00. The molecule has 1 heterocycles. The van der Waals surface area contributed by atoms with E-state index in [2.05, 4.69) is 4.98 Å². The van der Waals surface area contributed by atoms with Crippen LogP contribution in [0, 0.1) is 5.82 Å². The Morgan fingerprint density at radius 1 is 1.29 bits per heavy atom. The molecule has 2 nitrogen and oxygen atoms in total. The van der Waals surface area contributed by atoms with E-state index in [1.807, 2.05) is 0 Å². The molecular weight excluding hydrogens is 241 g/mol. The topological polar surface area (TPSA) is 30.0 Å². The number of Topliss-reactive ketones (excluding diaryl/α,β-unsaturated/α-hetero) is 1. The summed E-state index contributed by atoms with van der Waals surface area (Å²) in [4.78, 5) is 15.1. The minimum absolute atomic E-state index is 0.196. The van der Waals surface area contributed by atoms with E-state index < -0.39 is 5.82 Å². The lowest BCUT2D eigenvalue weighted by molar-refractivity contribution is 0.101. The molecule has 0 bridgehead atoms. The Morgan fingerprint density at radius 3 is 2.53 bits per heavy atom. The molecule has 0 saturated carbocycles. The molecule has 0 fully saturated rings. The van der Waals surface area contributed by atoms with E-state index in [1.165, 1.54) is 19.1 Å². The van der Waals surface area contributed by atoms with E-state index >= 15 is 0 Å². The molecule has 0 N–H and O–H groups in total. The second kappa shape index (κ2) is 4.63. The molecule has 2 aromatic rings. The van der Waals surface area contributed by atoms with E-state index in [4.69, 9.17) is 11.6 Å². The average Bonchev–Trinajstić information content (AvgIpc) is 2.32. The Balaban J connectivity index is 2.58. The second-order valence-corrected chi connectivity index (χ2v) is 4.01. The van der Waals surface area contributed by atoms with E-state index in [0.29, 0.717) is 11.1 Å². The maximum absolute atomic E-state index is 13.8. The van der Waals surface area contributed by atoms with Crippen LogP contribution in [-0.2, 0) is 0 Å². The summed E-state index contributed by atoms with van der Waals surface area (Å²) in [5.41, 5.74) is 1.24. The molecule has 17 heavy (non-hydrogen) atoms. The lowest BCUT2D eigenvalue weighted by Gasteiger charge is -2.06. The van der Waals surface area contributed by atoms with Crippen LogP contribution >= 0.6 is 11.6 Å². The van der Waals surface area contributed by atoms with Crippen molar-refractivity contribution in [3.63, 3.8) is 0 Å². The molecule has 0 aliphatic heterocycles. The second-order valence-electron chi connectivity index (χ2n) is 3.60. The Labute approximate surface area is 103 Å². The van der Waals surface area contributed by atoms with Crippen molar-refractivity contribution < 1.29 is 9.18 Å². The van der Waals surface area contributed by atoms with Crippen molar-refractivity contribution in [1.29, 1.82) is 0 Å². The third kappa shape index (κ3) is 2.34. The number of hydrogen-bond acceptors (Lipinski definition) is 2. The minimum Gasteiger partial charge on any atom is -0.294 e. The maximum atomic E-state index is 13.8. The highest BCUT2D eigenvalue weighted by Crippen LogP contribution is 2.28. The van der Waals surface area contributed by atoms with Crippen LogP contribution in [0.4, 0.5) is 4.39 Å². The van der Waals surface area contributed by atoms with Gasteiger partial charge in [0.25, 0.3) is 0 Å². The molecule has 0 radical (unpaired) electrons. The third-order valence-corrected chi connectivity index (χ3v) is 2.74. The smallest absolute Gasteiger partial charge is 0.161 e. The van der Waals surface area contributed by atoms with Gasteiger partial charge in [-0.15, -0.1) is 0 Å². The molecule has 0 amide bonds. The molecule has 86 valence electrons. The number of benzene rings is 1. The highest BCUT2D eigenvalue weighted by atomic mass is 35.5. The monoisotopic (exact) mass is 249 g/mol. The van der Waals surface area contributed by atoms with Crippen molar-refractivity contribution in [2.75, 3.05) is 0 Å². The number of carbonyl (C=O) groups is 1. The largest absolute Gasteiger partial charge is 0.294 e. The number of rotatable bonds is 2. The number of carbonyl (C=O) groups excluding carboxylic acids is 1. The number of hydrogen-bond donors (Lipinski definition) is 0. The number of halogens is 2. The summed E-state index contributed by atoms with van der Waals surface area (Å²) in [6.07, 6.45) is 3.14. The van der Waals surface area contributed by atoms with Gasteiger partial charge in [-0.1, -0.05) is 11.6 Å². The van der Waals surface area contributed by atoms with E-state index in [9.17, 15) is 9.18 Å². The Kier molecular flexibility index (Phi) is 3.20. The summed E-state index contributed by atoms with van der Waals surface area (Å²) < 4.78 is 13.8. The van der Waals surface area contributed by atoms with Crippen LogP contribution in [0.5, 0.6) is 0 Å². The fraction of sp³-hybridized carbons (Fsp3) is 0.0769. The summed E-state index contributed by atoms with van der Waals surface area (Å²) in [5.74, 6) is -0.721. The van der Waals surface area contributed by atoms with Gasteiger partial charge in [0.2, 0.25) is 0 Å². The minimum atomic E-state index is -0.467. The van der Waals surface area contributed by atoms with Gasteiger partial charge in [-0.3, -0.25) is 9.78 Å². The van der Waals surface area contributed by atoms with Crippen LogP contribution in [0.3, 0.4) is 0 Å². The highest BCUT2D eigenvalue weighted by molar-refractivity contribution is 6.34. The lowest BCUT2D eigenvalue weighted by Crippen LogP contribution is -1.96. The van der Waals surface area contributed by atoms with Crippen LogP contribution in [0.15, 0.2) is 36.7 Å². The number of aromatic nitrogens is 1. The van der Waals surface area contributed by atoms with E-state index in [1.54, 1.807) is 24.5 Å². The average molecular weight is 250 g/mol. The van der Waals surface area contributed by atoms with Crippen molar-refractivity contribution >= 4 is 17.4 Å². The predicted octanol–water partition coefficient (Wildman–Crippen LogP) is 3.74. The van der Waals surface area contributed by atoms with Crippen molar-refractivity contribution in [2.45, 2.75) is 6.92 Å². The molecule has 2 rings (SSSR count). The zero-order chi connectivity index (χ0) is 12.4. The summed E-state index contributed by atoms with van der Waals surface area (Å²) in [5, 5.41) is 0.255. The zero-order valence-electron chi connectivity index (χ0n) is 9.08. The Bertz CT molecular complexity index is 569. The molecule has 0 unspecified atom stereocenters. The fourth-order valence-electron chi connectivity index (χ4n) is 1.57. The van der Waals surface area contributed by atoms with Crippen LogP contribution < -0.4 is 0 Å². The van der Waals surface area contributed by atoms with Crippen LogP contribution in [0.25, 0.3) is 11.1 Å². The molecule has 0 aliphatic carbocycles. The Morgan fingerprint density at radius 2 is 1.94 bits per heavy atom. The van der Waals surface area contributed by atoms with Crippen molar-refractivity contribution in [1.82, 2.24) is 4.98 Å². The predicted molar refractivity (Wildman–Crippen MR) is 64.6 cm³/mol. The molecule has 1 aromatic heterocycles. The van der Waals surface area contributed by atoms with Gasteiger partial charge < -0.3 is 0 Å². The van der Waals surface area contributed by atoms with Crippen LogP contribution in [0.2, 0.25) is 5.02 Å². The summed E-state index contributed by atoms with van der Waals surface area (Å²) in [7, 11) is 0. The molecule has 1 aromatic carbocycles. The molecule has 0 aliphatic rings. The van der Waals surface area contributed by atoms with E-state index in [-0.39, 0.29) is 16.4 Å². The van der Waals surface area contributed by atoms with E-state index in [0.717, 1.165) is 0 Å². The number of pyridine rings is 1. The van der Waals surface area contributed by atoms with Gasteiger partial charge in [0.15, 0.2) is 5.78 Å². The van der Waals surface area contributed by atoms with Gasteiger partial charge in [-0.25, -0.2) is 4.39 Å². The SMILES string of the molecule is CC(=O)c1cc(F)c(-c2ccncc2)cc1Cl.